The zero-order valence-electron chi connectivity index (χ0n) is 19.1. The highest BCUT2D eigenvalue weighted by Crippen LogP contribution is 2.29. The molecule has 2 N–H and O–H groups in total. The van der Waals surface area contributed by atoms with Gasteiger partial charge >= 0.3 is 18.0 Å². The number of benzene rings is 1. The lowest BCUT2D eigenvalue weighted by Crippen LogP contribution is -2.44. The monoisotopic (exact) mass is 516 g/mol. The summed E-state index contributed by atoms with van der Waals surface area (Å²) < 4.78 is 28.7. The molecule has 1 aliphatic heterocycles. The van der Waals surface area contributed by atoms with Crippen LogP contribution >= 0.6 is 11.8 Å². The van der Waals surface area contributed by atoms with Gasteiger partial charge in [0.15, 0.2) is 0 Å². The summed E-state index contributed by atoms with van der Waals surface area (Å²) in [6, 6.07) is 7.93. The largest absolute Gasteiger partial charge is 0.463 e. The van der Waals surface area contributed by atoms with E-state index < -0.39 is 48.1 Å². The van der Waals surface area contributed by atoms with Crippen LogP contribution in [0.3, 0.4) is 0 Å². The minimum atomic E-state index is -0.926. The summed E-state index contributed by atoms with van der Waals surface area (Å²) in [6.45, 7) is 2.24. The summed E-state index contributed by atoms with van der Waals surface area (Å²) in [4.78, 5) is 52.0. The number of nitrogens with one attached hydrogen (secondary N) is 2. The van der Waals surface area contributed by atoms with Crippen molar-refractivity contribution in [3.8, 4) is 6.07 Å². The number of carbonyl (C=O) groups excluding carboxylic acids is 4. The third-order valence-electron chi connectivity index (χ3n) is 4.75. The molecule has 1 fully saturated rings. The number of halogens is 1. The first-order valence-electron chi connectivity index (χ1n) is 10.6. The first kappa shape index (κ1) is 26.6. The van der Waals surface area contributed by atoms with Crippen LogP contribution < -0.4 is 10.6 Å². The summed E-state index contributed by atoms with van der Waals surface area (Å²) in [5.41, 5.74) is 0.0528. The number of hydrogen-bond acceptors (Lipinski definition) is 10. The first-order chi connectivity index (χ1) is 17.1. The molecule has 0 aliphatic carbocycles. The van der Waals surface area contributed by atoms with Crippen molar-refractivity contribution in [3.63, 3.8) is 0 Å². The van der Waals surface area contributed by atoms with Crippen LogP contribution in [0.5, 0.6) is 0 Å². The van der Waals surface area contributed by atoms with E-state index in [1.165, 1.54) is 50.4 Å². The molecule has 2 aromatic rings. The number of nitriles is 1. The highest BCUT2D eigenvalue weighted by atomic mass is 32.2. The van der Waals surface area contributed by atoms with E-state index in [1.807, 2.05) is 6.07 Å². The van der Waals surface area contributed by atoms with Gasteiger partial charge in [0.25, 0.3) is 5.91 Å². The number of imide groups is 1. The predicted octanol–water partition coefficient (Wildman–Crippen LogP) is 2.29. The van der Waals surface area contributed by atoms with Gasteiger partial charge in [0, 0.05) is 31.4 Å². The second-order valence-corrected chi connectivity index (χ2v) is 8.58. The van der Waals surface area contributed by atoms with Gasteiger partial charge in [0.2, 0.25) is 0 Å². The number of esters is 2. The summed E-state index contributed by atoms with van der Waals surface area (Å²) in [6.07, 6.45) is -1.22. The Morgan fingerprint density at radius 3 is 2.58 bits per heavy atom. The molecular weight excluding hydrogens is 495 g/mol. The van der Waals surface area contributed by atoms with Crippen LogP contribution in [0.1, 0.15) is 36.2 Å². The fourth-order valence-corrected chi connectivity index (χ4v) is 4.02. The Hall–Kier alpha value is -4.02. The number of aromatic nitrogens is 1. The van der Waals surface area contributed by atoms with E-state index in [1.54, 1.807) is 0 Å². The second-order valence-electron chi connectivity index (χ2n) is 7.52. The van der Waals surface area contributed by atoms with Crippen molar-refractivity contribution in [3.05, 3.63) is 53.5 Å². The smallest absolute Gasteiger partial charge is 0.323 e. The summed E-state index contributed by atoms with van der Waals surface area (Å²) in [5.74, 6) is -2.34. The molecule has 188 valence electrons. The molecule has 3 atom stereocenters. The third kappa shape index (κ3) is 7.49. The molecule has 3 amide bonds. The second kappa shape index (κ2) is 12.1. The normalized spacial score (nSPS) is 18.6. The minimum absolute atomic E-state index is 0.0389. The average Bonchev–Trinajstić information content (AvgIpc) is 3.19. The number of urea groups is 1. The molecule has 0 spiro atoms. The zero-order valence-corrected chi connectivity index (χ0v) is 20.0. The van der Waals surface area contributed by atoms with Gasteiger partial charge in [0.05, 0.1) is 11.1 Å². The van der Waals surface area contributed by atoms with Crippen molar-refractivity contribution in [2.24, 2.45) is 0 Å². The Morgan fingerprint density at radius 1 is 1.22 bits per heavy atom. The van der Waals surface area contributed by atoms with E-state index in [0.717, 1.165) is 11.8 Å². The van der Waals surface area contributed by atoms with Gasteiger partial charge in [-0.15, -0.1) is 0 Å². The number of rotatable bonds is 7. The van der Waals surface area contributed by atoms with E-state index in [9.17, 15) is 28.8 Å². The molecule has 11 nitrogen and oxygen atoms in total. The van der Waals surface area contributed by atoms with E-state index in [0.29, 0.717) is 9.92 Å². The molecule has 0 radical (unpaired) electrons. The molecule has 1 unspecified atom stereocenters. The van der Waals surface area contributed by atoms with Gasteiger partial charge in [-0.25, -0.2) is 14.2 Å². The van der Waals surface area contributed by atoms with Crippen LogP contribution in [0.25, 0.3) is 0 Å². The van der Waals surface area contributed by atoms with Gasteiger partial charge in [-0.1, -0.05) is 11.8 Å². The topological polar surface area (TPSA) is 157 Å². The fourth-order valence-electron chi connectivity index (χ4n) is 3.20. The molecule has 36 heavy (non-hydrogen) atoms. The Balaban J connectivity index is 1.60. The van der Waals surface area contributed by atoms with Crippen LogP contribution in [0.2, 0.25) is 0 Å². The number of carbonyl (C=O) groups is 4. The van der Waals surface area contributed by atoms with Crippen LogP contribution in [0.4, 0.5) is 9.18 Å². The first-order valence-corrected chi connectivity index (χ1v) is 11.4. The molecule has 0 saturated carbocycles. The highest BCUT2D eigenvalue weighted by Gasteiger charge is 2.39. The Kier molecular flexibility index (Phi) is 8.93. The number of nitrogens with zero attached hydrogens (tertiary/aromatic N) is 2. The van der Waals surface area contributed by atoms with Crippen LogP contribution in [-0.2, 0) is 23.8 Å². The predicted molar refractivity (Wildman–Crippen MR) is 121 cm³/mol. The summed E-state index contributed by atoms with van der Waals surface area (Å²) in [7, 11) is 0. The average molecular weight is 517 g/mol. The lowest BCUT2D eigenvalue weighted by Gasteiger charge is -2.17. The Bertz CT molecular complexity index is 1200. The molecule has 1 aromatic carbocycles. The molecule has 1 saturated heterocycles. The quantitative estimate of drug-likeness (QED) is 0.523. The summed E-state index contributed by atoms with van der Waals surface area (Å²) in [5, 5.41) is 14.3. The number of pyridine rings is 1. The van der Waals surface area contributed by atoms with Gasteiger partial charge in [0.1, 0.15) is 42.0 Å². The molecule has 0 bridgehead atoms. The van der Waals surface area contributed by atoms with Crippen LogP contribution in [0, 0.1) is 17.1 Å². The molecular formula is C23H21FN4O7S. The van der Waals surface area contributed by atoms with Crippen molar-refractivity contribution >= 4 is 35.6 Å². The molecule has 2 heterocycles. The van der Waals surface area contributed by atoms with Crippen molar-refractivity contribution in [2.45, 2.75) is 48.6 Å². The number of ether oxygens (including phenoxy) is 3. The lowest BCUT2D eigenvalue weighted by atomic mass is 10.2. The third-order valence-corrected chi connectivity index (χ3v) is 5.78. The van der Waals surface area contributed by atoms with Gasteiger partial charge < -0.3 is 19.5 Å². The van der Waals surface area contributed by atoms with E-state index in [-0.39, 0.29) is 24.2 Å². The van der Waals surface area contributed by atoms with E-state index in [4.69, 9.17) is 14.2 Å². The standard InChI is InChI=1S/C23H21FN4O7S/c1-12(29)33-11-19-18(34-13(2)30)8-20(35-19)27-23(32)28-21(31)15-7-14(9-25)22(26-10-15)36-17-5-3-16(24)4-6-17/h3-7,10,18-20H,8,11H2,1-2H3,(H2,27,28,31,32)/t18?,19-,20-/m1/s1. The maximum atomic E-state index is 13.1. The number of amides is 3. The van der Waals surface area contributed by atoms with Crippen LogP contribution in [-0.4, -0.2) is 53.9 Å². The van der Waals surface area contributed by atoms with Gasteiger partial charge in [-0.2, -0.15) is 5.26 Å². The molecule has 13 heteroatoms. The molecule has 1 aromatic heterocycles. The van der Waals surface area contributed by atoms with Crippen molar-refractivity contribution < 1.29 is 37.8 Å². The Labute approximate surface area is 209 Å². The maximum Gasteiger partial charge on any atom is 0.323 e. The van der Waals surface area contributed by atoms with Crippen LogP contribution in [0.15, 0.2) is 46.5 Å². The fraction of sp³-hybridized carbons (Fsp3) is 0.304. The van der Waals surface area contributed by atoms with E-state index >= 15 is 0 Å². The van der Waals surface area contributed by atoms with Gasteiger partial charge in [-0.3, -0.25) is 19.7 Å². The summed E-state index contributed by atoms with van der Waals surface area (Å²) >= 11 is 1.12. The van der Waals surface area contributed by atoms with Gasteiger partial charge in [-0.05, 0) is 30.3 Å². The van der Waals surface area contributed by atoms with Crippen molar-refractivity contribution in [1.29, 1.82) is 5.26 Å². The van der Waals surface area contributed by atoms with E-state index in [2.05, 4.69) is 15.6 Å². The Morgan fingerprint density at radius 2 is 1.94 bits per heavy atom. The zero-order chi connectivity index (χ0) is 26.2. The molecule has 3 rings (SSSR count). The highest BCUT2D eigenvalue weighted by molar-refractivity contribution is 7.99. The molecule has 1 aliphatic rings. The SMILES string of the molecule is CC(=O)OC[C@H]1O[C@@H](NC(=O)NC(=O)c2cnc(Sc3ccc(F)cc3)c(C#N)c2)CC1OC(C)=O. The number of hydrogen-bond donors (Lipinski definition) is 2. The lowest BCUT2D eigenvalue weighted by molar-refractivity contribution is -0.154. The van der Waals surface area contributed by atoms with Crippen molar-refractivity contribution in [2.75, 3.05) is 6.61 Å². The van der Waals surface area contributed by atoms with Crippen molar-refractivity contribution in [1.82, 2.24) is 15.6 Å². The minimum Gasteiger partial charge on any atom is -0.463 e. The maximum absolute atomic E-state index is 13.1.